The Balaban J connectivity index is 1.74. The summed E-state index contributed by atoms with van der Waals surface area (Å²) >= 11 is 12.3. The van der Waals surface area contributed by atoms with Crippen molar-refractivity contribution in [3.63, 3.8) is 0 Å². The lowest BCUT2D eigenvalue weighted by molar-refractivity contribution is 0.0637. The number of aromatic nitrogens is 2. The lowest BCUT2D eigenvalue weighted by Gasteiger charge is -2.33. The zero-order chi connectivity index (χ0) is 17.8. The summed E-state index contributed by atoms with van der Waals surface area (Å²) in [6.45, 7) is 6.30. The largest absolute Gasteiger partial charge is 0.335 e. The number of nitrogens with zero attached hydrogens (tertiary/aromatic N) is 4. The molecule has 1 N–H and O–H groups in total. The summed E-state index contributed by atoms with van der Waals surface area (Å²) in [4.78, 5) is 25.3. The summed E-state index contributed by atoms with van der Waals surface area (Å²) in [6, 6.07) is 6.82. The minimum atomic E-state index is -0.0912. The topological polar surface area (TPSA) is 61.4 Å². The van der Waals surface area contributed by atoms with Crippen LogP contribution in [0.25, 0.3) is 0 Å². The Bertz CT molecular complexity index is 742. The van der Waals surface area contributed by atoms with Gasteiger partial charge >= 0.3 is 0 Å². The molecule has 0 radical (unpaired) electrons. The predicted molar refractivity (Wildman–Crippen MR) is 99.8 cm³/mol. The van der Waals surface area contributed by atoms with Gasteiger partial charge in [0.05, 0.1) is 15.7 Å². The van der Waals surface area contributed by atoms with Crippen LogP contribution in [0.5, 0.6) is 0 Å². The van der Waals surface area contributed by atoms with Crippen molar-refractivity contribution in [2.45, 2.75) is 6.92 Å². The number of hydrogen-bond donors (Lipinski definition) is 1. The van der Waals surface area contributed by atoms with E-state index in [1.165, 1.54) is 0 Å². The third kappa shape index (κ3) is 4.21. The van der Waals surface area contributed by atoms with Crippen molar-refractivity contribution in [2.75, 3.05) is 38.0 Å². The quantitative estimate of drug-likeness (QED) is 0.882. The fourth-order valence-electron chi connectivity index (χ4n) is 2.70. The Morgan fingerprint density at radius 3 is 2.48 bits per heavy atom. The number of hydrogen-bond acceptors (Lipinski definition) is 5. The van der Waals surface area contributed by atoms with E-state index in [4.69, 9.17) is 23.2 Å². The van der Waals surface area contributed by atoms with E-state index in [0.29, 0.717) is 34.5 Å². The monoisotopic (exact) mass is 379 g/mol. The van der Waals surface area contributed by atoms with Gasteiger partial charge in [-0.25, -0.2) is 9.97 Å². The molecule has 1 saturated heterocycles. The van der Waals surface area contributed by atoms with Crippen LogP contribution in [-0.4, -0.2) is 58.4 Å². The number of halogens is 2. The molecule has 0 spiro atoms. The molecule has 1 aliphatic heterocycles. The zero-order valence-electron chi connectivity index (χ0n) is 13.9. The van der Waals surface area contributed by atoms with Gasteiger partial charge < -0.3 is 15.1 Å². The lowest BCUT2D eigenvalue weighted by Crippen LogP contribution is -2.48. The van der Waals surface area contributed by atoms with Crippen LogP contribution in [-0.2, 0) is 0 Å². The highest BCUT2D eigenvalue weighted by molar-refractivity contribution is 6.39. The molecule has 2 aromatic rings. The second kappa shape index (κ2) is 7.99. The number of carbonyl (C=O) groups excluding carboxylic acids is 1. The highest BCUT2D eigenvalue weighted by Crippen LogP contribution is 2.31. The minimum absolute atomic E-state index is 0.0912. The predicted octanol–water partition coefficient (Wildman–Crippen LogP) is 3.30. The standard InChI is InChI=1S/C17H19Cl2N5O/c1-2-23-8-10-24(11-9-23)16(25)14-6-7-20-17(21-14)22-15-12(18)4-3-5-13(15)19/h3-7H,2,8-11H2,1H3,(H,20,21,22). The second-order valence-corrected chi connectivity index (χ2v) is 6.53. The number of likely N-dealkylation sites (N-methyl/N-ethyl adjacent to an activating group) is 1. The highest BCUT2D eigenvalue weighted by atomic mass is 35.5. The number of amides is 1. The molecule has 25 heavy (non-hydrogen) atoms. The van der Waals surface area contributed by atoms with Crippen molar-refractivity contribution in [3.05, 3.63) is 46.2 Å². The number of anilines is 2. The maximum Gasteiger partial charge on any atom is 0.272 e. The first kappa shape index (κ1) is 17.9. The third-order valence-corrected chi connectivity index (χ3v) is 4.81. The fourth-order valence-corrected chi connectivity index (χ4v) is 3.19. The molecule has 8 heteroatoms. The van der Waals surface area contributed by atoms with Crippen LogP contribution < -0.4 is 5.32 Å². The van der Waals surface area contributed by atoms with Gasteiger partial charge in [0.15, 0.2) is 0 Å². The molecule has 6 nitrogen and oxygen atoms in total. The molecule has 1 fully saturated rings. The summed E-state index contributed by atoms with van der Waals surface area (Å²) in [7, 11) is 0. The molecule has 0 bridgehead atoms. The summed E-state index contributed by atoms with van der Waals surface area (Å²) in [6.07, 6.45) is 1.55. The fraction of sp³-hybridized carbons (Fsp3) is 0.353. The van der Waals surface area contributed by atoms with Crippen LogP contribution in [0, 0.1) is 0 Å². The molecule has 0 unspecified atom stereocenters. The first-order valence-electron chi connectivity index (χ1n) is 8.14. The van der Waals surface area contributed by atoms with E-state index in [1.807, 2.05) is 4.90 Å². The Hall–Kier alpha value is -1.89. The zero-order valence-corrected chi connectivity index (χ0v) is 15.4. The van der Waals surface area contributed by atoms with Crippen molar-refractivity contribution in [1.82, 2.24) is 19.8 Å². The molecule has 1 amide bonds. The highest BCUT2D eigenvalue weighted by Gasteiger charge is 2.22. The van der Waals surface area contributed by atoms with Crippen molar-refractivity contribution in [3.8, 4) is 0 Å². The van der Waals surface area contributed by atoms with Crippen LogP contribution in [0.3, 0.4) is 0 Å². The average Bonchev–Trinajstić information content (AvgIpc) is 2.64. The van der Waals surface area contributed by atoms with Crippen molar-refractivity contribution < 1.29 is 4.79 Å². The summed E-state index contributed by atoms with van der Waals surface area (Å²) in [5, 5.41) is 3.91. The Kier molecular flexibility index (Phi) is 5.73. The van der Waals surface area contributed by atoms with Gasteiger partial charge in [0.2, 0.25) is 5.95 Å². The van der Waals surface area contributed by atoms with Gasteiger partial charge in [0, 0.05) is 32.4 Å². The normalized spacial score (nSPS) is 15.2. The van der Waals surface area contributed by atoms with Crippen LogP contribution >= 0.6 is 23.2 Å². The summed E-state index contributed by atoms with van der Waals surface area (Å²) in [5.74, 6) is 0.194. The van der Waals surface area contributed by atoms with E-state index in [1.54, 1.807) is 30.5 Å². The van der Waals surface area contributed by atoms with Gasteiger partial charge in [-0.2, -0.15) is 0 Å². The number of carbonyl (C=O) groups is 1. The van der Waals surface area contributed by atoms with Crippen molar-refractivity contribution >= 4 is 40.7 Å². The maximum absolute atomic E-state index is 12.7. The second-order valence-electron chi connectivity index (χ2n) is 5.71. The Morgan fingerprint density at radius 1 is 1.16 bits per heavy atom. The average molecular weight is 380 g/mol. The van der Waals surface area contributed by atoms with Crippen molar-refractivity contribution in [1.29, 1.82) is 0 Å². The molecular weight excluding hydrogens is 361 g/mol. The molecule has 1 aliphatic rings. The number of nitrogens with one attached hydrogen (secondary N) is 1. The van der Waals surface area contributed by atoms with Crippen molar-refractivity contribution in [2.24, 2.45) is 0 Å². The van der Waals surface area contributed by atoms with Crippen LogP contribution in [0.2, 0.25) is 10.0 Å². The van der Waals surface area contributed by atoms with Crippen LogP contribution in [0.4, 0.5) is 11.6 Å². The van der Waals surface area contributed by atoms with Crippen LogP contribution in [0.1, 0.15) is 17.4 Å². The van der Waals surface area contributed by atoms with E-state index < -0.39 is 0 Å². The first-order chi connectivity index (χ1) is 12.1. The summed E-state index contributed by atoms with van der Waals surface area (Å²) in [5.41, 5.74) is 0.873. The number of benzene rings is 1. The van der Waals surface area contributed by atoms with E-state index >= 15 is 0 Å². The maximum atomic E-state index is 12.7. The first-order valence-corrected chi connectivity index (χ1v) is 8.89. The van der Waals surface area contributed by atoms with Crippen LogP contribution in [0.15, 0.2) is 30.5 Å². The molecule has 1 aromatic heterocycles. The molecule has 0 aliphatic carbocycles. The van der Waals surface area contributed by atoms with Gasteiger partial charge in [-0.1, -0.05) is 36.2 Å². The van der Waals surface area contributed by atoms with E-state index in [2.05, 4.69) is 27.1 Å². The molecule has 0 saturated carbocycles. The minimum Gasteiger partial charge on any atom is -0.335 e. The van der Waals surface area contributed by atoms with Gasteiger partial charge in [-0.15, -0.1) is 0 Å². The molecular formula is C17H19Cl2N5O. The molecule has 3 rings (SSSR count). The van der Waals surface area contributed by atoms with Gasteiger partial charge in [0.1, 0.15) is 5.69 Å². The SMILES string of the molecule is CCN1CCN(C(=O)c2ccnc(Nc3c(Cl)cccc3Cl)n2)CC1. The van der Waals surface area contributed by atoms with Gasteiger partial charge in [-0.05, 0) is 24.7 Å². The Labute approximate surface area is 156 Å². The molecule has 1 aromatic carbocycles. The van der Waals surface area contributed by atoms with E-state index in [-0.39, 0.29) is 11.9 Å². The Morgan fingerprint density at radius 2 is 1.84 bits per heavy atom. The molecule has 132 valence electrons. The number of para-hydroxylation sites is 1. The lowest BCUT2D eigenvalue weighted by atomic mass is 10.2. The smallest absolute Gasteiger partial charge is 0.272 e. The molecule has 0 atom stereocenters. The van der Waals surface area contributed by atoms with E-state index in [9.17, 15) is 4.79 Å². The number of piperazine rings is 1. The molecule has 2 heterocycles. The third-order valence-electron chi connectivity index (χ3n) is 4.18. The van der Waals surface area contributed by atoms with E-state index in [0.717, 1.165) is 19.6 Å². The van der Waals surface area contributed by atoms with Gasteiger partial charge in [0.25, 0.3) is 5.91 Å². The van der Waals surface area contributed by atoms with Gasteiger partial charge in [-0.3, -0.25) is 4.79 Å². The summed E-state index contributed by atoms with van der Waals surface area (Å²) < 4.78 is 0. The number of rotatable bonds is 4.